The summed E-state index contributed by atoms with van der Waals surface area (Å²) in [5, 5.41) is 8.28. The molecule has 0 spiro atoms. The Balaban J connectivity index is 2.22. The van der Waals surface area contributed by atoms with Gasteiger partial charge in [0.1, 0.15) is 5.84 Å². The molecule has 2 rings (SSSR count). The molecule has 0 radical (unpaired) electrons. The van der Waals surface area contributed by atoms with E-state index in [1.54, 1.807) is 23.4 Å². The number of hydrogen-bond acceptors (Lipinski definition) is 3. The number of hydrogen-bond donors (Lipinski definition) is 2. The van der Waals surface area contributed by atoms with E-state index in [1.807, 2.05) is 6.07 Å². The summed E-state index contributed by atoms with van der Waals surface area (Å²) in [5.74, 6) is 0.345. The molecule has 1 saturated carbocycles. The lowest BCUT2D eigenvalue weighted by atomic mass is 10.2. The van der Waals surface area contributed by atoms with Crippen LogP contribution in [-0.4, -0.2) is 26.9 Å². The van der Waals surface area contributed by atoms with Crippen LogP contribution in [0.3, 0.4) is 0 Å². The van der Waals surface area contributed by atoms with Crippen LogP contribution in [0.5, 0.6) is 0 Å². The minimum absolute atomic E-state index is 0.270. The molecule has 0 bridgehead atoms. The number of nitrogens with two attached hydrogens (primary N) is 1. The number of thiocarbonyl (C=S) groups is 1. The molecule has 0 aromatic carbocycles. The van der Waals surface area contributed by atoms with Gasteiger partial charge in [0.15, 0.2) is 5.11 Å². The van der Waals surface area contributed by atoms with E-state index < -0.39 is 0 Å². The molecular weight excluding hydrogens is 208 g/mol. The Hall–Kier alpha value is -1.49. The average molecular weight is 220 g/mol. The van der Waals surface area contributed by atoms with Gasteiger partial charge in [-0.3, -0.25) is 10.4 Å². The van der Waals surface area contributed by atoms with Crippen molar-refractivity contribution in [3.05, 3.63) is 30.1 Å². The Morgan fingerprint density at radius 3 is 2.80 bits per heavy atom. The molecular formula is C10H12N4S. The second-order valence-electron chi connectivity index (χ2n) is 3.53. The molecule has 0 aliphatic heterocycles. The maximum absolute atomic E-state index is 8.01. The number of aromatic nitrogens is 1. The standard InChI is InChI=1S/C10H12N4S/c11-9(7-2-1-5-13-6-7)14(10(12)15)8-3-4-8/h1-2,5-6,8,11H,3-4H2,(H2,12,15). The van der Waals surface area contributed by atoms with Crippen LogP contribution in [0.25, 0.3) is 0 Å². The molecule has 1 aliphatic carbocycles. The fraction of sp³-hybridized carbons (Fsp3) is 0.300. The van der Waals surface area contributed by atoms with Gasteiger partial charge < -0.3 is 10.6 Å². The van der Waals surface area contributed by atoms with E-state index in [0.29, 0.717) is 11.9 Å². The molecule has 0 unspecified atom stereocenters. The highest BCUT2D eigenvalue weighted by molar-refractivity contribution is 7.80. The zero-order valence-electron chi connectivity index (χ0n) is 8.18. The molecule has 4 nitrogen and oxygen atoms in total. The van der Waals surface area contributed by atoms with Gasteiger partial charge in [-0.2, -0.15) is 0 Å². The van der Waals surface area contributed by atoms with E-state index in [4.69, 9.17) is 23.4 Å². The molecule has 78 valence electrons. The van der Waals surface area contributed by atoms with Gasteiger partial charge in [0.2, 0.25) is 0 Å². The maximum atomic E-state index is 8.01. The molecule has 1 aliphatic rings. The highest BCUT2D eigenvalue weighted by atomic mass is 32.1. The summed E-state index contributed by atoms with van der Waals surface area (Å²) in [5.41, 5.74) is 6.36. The highest BCUT2D eigenvalue weighted by Gasteiger charge is 2.33. The summed E-state index contributed by atoms with van der Waals surface area (Å²) in [6.07, 6.45) is 5.44. The number of nitrogens with one attached hydrogen (secondary N) is 1. The van der Waals surface area contributed by atoms with Gasteiger partial charge in [0, 0.05) is 24.0 Å². The number of pyridine rings is 1. The van der Waals surface area contributed by atoms with Crippen molar-refractivity contribution < 1.29 is 0 Å². The van der Waals surface area contributed by atoms with Crippen LogP contribution in [0.15, 0.2) is 24.5 Å². The van der Waals surface area contributed by atoms with Gasteiger partial charge >= 0.3 is 0 Å². The third-order valence-electron chi connectivity index (χ3n) is 2.33. The Morgan fingerprint density at radius 2 is 2.33 bits per heavy atom. The molecule has 1 aromatic rings. The topological polar surface area (TPSA) is 66.0 Å². The fourth-order valence-corrected chi connectivity index (χ4v) is 1.69. The molecule has 15 heavy (non-hydrogen) atoms. The lowest BCUT2D eigenvalue weighted by molar-refractivity contribution is 0.599. The van der Waals surface area contributed by atoms with Crippen molar-refractivity contribution in [3.63, 3.8) is 0 Å². The fourth-order valence-electron chi connectivity index (χ4n) is 1.45. The minimum atomic E-state index is 0.270. The largest absolute Gasteiger partial charge is 0.376 e. The zero-order valence-corrected chi connectivity index (χ0v) is 9.00. The predicted octanol–water partition coefficient (Wildman–Crippen LogP) is 1.11. The van der Waals surface area contributed by atoms with Gasteiger partial charge in [-0.25, -0.2) is 0 Å². The van der Waals surface area contributed by atoms with Crippen molar-refractivity contribution in [1.82, 2.24) is 9.88 Å². The van der Waals surface area contributed by atoms with Crippen molar-refractivity contribution in [2.24, 2.45) is 5.73 Å². The van der Waals surface area contributed by atoms with E-state index in [-0.39, 0.29) is 5.11 Å². The average Bonchev–Trinajstić information content (AvgIpc) is 3.03. The highest BCUT2D eigenvalue weighted by Crippen LogP contribution is 2.27. The van der Waals surface area contributed by atoms with Crippen LogP contribution in [0.1, 0.15) is 18.4 Å². The van der Waals surface area contributed by atoms with Gasteiger partial charge in [0.25, 0.3) is 0 Å². The summed E-state index contributed by atoms with van der Waals surface area (Å²) >= 11 is 4.95. The van der Waals surface area contributed by atoms with E-state index in [0.717, 1.165) is 18.4 Å². The lowest BCUT2D eigenvalue weighted by Crippen LogP contribution is -2.42. The third kappa shape index (κ3) is 2.12. The second kappa shape index (κ2) is 3.94. The first kappa shape index (κ1) is 10.0. The van der Waals surface area contributed by atoms with E-state index in [1.165, 1.54) is 0 Å². The van der Waals surface area contributed by atoms with Crippen LogP contribution >= 0.6 is 12.2 Å². The lowest BCUT2D eigenvalue weighted by Gasteiger charge is -2.22. The predicted molar refractivity (Wildman–Crippen MR) is 62.7 cm³/mol. The summed E-state index contributed by atoms with van der Waals surface area (Å²) in [4.78, 5) is 5.68. The molecule has 3 N–H and O–H groups in total. The molecule has 0 saturated heterocycles. The van der Waals surface area contributed by atoms with Crippen LogP contribution in [0.4, 0.5) is 0 Å². The molecule has 1 aromatic heterocycles. The van der Waals surface area contributed by atoms with E-state index in [2.05, 4.69) is 4.98 Å². The molecule has 1 fully saturated rings. The van der Waals surface area contributed by atoms with Crippen molar-refractivity contribution in [2.45, 2.75) is 18.9 Å². The molecule has 5 heteroatoms. The number of rotatable bonds is 2. The Bertz CT molecular complexity index is 386. The molecule has 0 atom stereocenters. The second-order valence-corrected chi connectivity index (χ2v) is 3.95. The van der Waals surface area contributed by atoms with E-state index >= 15 is 0 Å². The first-order valence-corrected chi connectivity index (χ1v) is 5.18. The van der Waals surface area contributed by atoms with Crippen LogP contribution < -0.4 is 5.73 Å². The van der Waals surface area contributed by atoms with Gasteiger partial charge in [-0.05, 0) is 37.2 Å². The van der Waals surface area contributed by atoms with Crippen LogP contribution in [-0.2, 0) is 0 Å². The van der Waals surface area contributed by atoms with Crippen LogP contribution in [0, 0.1) is 5.41 Å². The van der Waals surface area contributed by atoms with Crippen LogP contribution in [0.2, 0.25) is 0 Å². The van der Waals surface area contributed by atoms with Crippen molar-refractivity contribution in [1.29, 1.82) is 5.41 Å². The number of nitrogens with zero attached hydrogens (tertiary/aromatic N) is 2. The normalized spacial score (nSPS) is 14.7. The maximum Gasteiger partial charge on any atom is 0.172 e. The quantitative estimate of drug-likeness (QED) is 0.445. The molecule has 1 heterocycles. The Morgan fingerprint density at radius 1 is 1.60 bits per heavy atom. The monoisotopic (exact) mass is 220 g/mol. The zero-order chi connectivity index (χ0) is 10.8. The Labute approximate surface area is 93.6 Å². The number of amidine groups is 1. The van der Waals surface area contributed by atoms with Crippen molar-refractivity contribution in [2.75, 3.05) is 0 Å². The summed E-state index contributed by atoms with van der Waals surface area (Å²) in [6, 6.07) is 3.95. The Kier molecular flexibility index (Phi) is 2.64. The first-order valence-electron chi connectivity index (χ1n) is 4.78. The summed E-state index contributed by atoms with van der Waals surface area (Å²) in [7, 11) is 0. The van der Waals surface area contributed by atoms with Crippen molar-refractivity contribution in [3.8, 4) is 0 Å². The van der Waals surface area contributed by atoms with Crippen molar-refractivity contribution >= 4 is 23.2 Å². The van der Waals surface area contributed by atoms with Gasteiger partial charge in [0.05, 0.1) is 0 Å². The summed E-state index contributed by atoms with van der Waals surface area (Å²) in [6.45, 7) is 0. The van der Waals surface area contributed by atoms with Gasteiger partial charge in [-0.15, -0.1) is 0 Å². The first-order chi connectivity index (χ1) is 7.20. The summed E-state index contributed by atoms with van der Waals surface area (Å²) < 4.78 is 0. The smallest absolute Gasteiger partial charge is 0.172 e. The molecule has 0 amide bonds. The minimum Gasteiger partial charge on any atom is -0.376 e. The SMILES string of the molecule is N=C(c1cccnc1)N(C(N)=S)C1CC1. The van der Waals surface area contributed by atoms with E-state index in [9.17, 15) is 0 Å². The third-order valence-corrected chi connectivity index (χ3v) is 2.52. The van der Waals surface area contributed by atoms with Gasteiger partial charge in [-0.1, -0.05) is 0 Å².